The molecule has 2 aromatic rings. The van der Waals surface area contributed by atoms with Gasteiger partial charge in [-0.1, -0.05) is 30.3 Å². The molecule has 0 spiro atoms. The van der Waals surface area contributed by atoms with Gasteiger partial charge in [0, 0.05) is 32.7 Å². The minimum Gasteiger partial charge on any atom is -0.361 e. The van der Waals surface area contributed by atoms with Crippen LogP contribution in [0.25, 0.3) is 0 Å². The third-order valence-corrected chi connectivity index (χ3v) is 7.67. The van der Waals surface area contributed by atoms with Crippen LogP contribution in [0.1, 0.15) is 35.1 Å². The van der Waals surface area contributed by atoms with Crippen LogP contribution in [-0.2, 0) is 23.5 Å². The number of hydrogen-bond acceptors (Lipinski definition) is 4. The molecule has 32 heavy (non-hydrogen) atoms. The predicted octanol–water partition coefficient (Wildman–Crippen LogP) is 3.93. The molecule has 0 amide bonds. The molecule has 0 N–H and O–H groups in total. The third kappa shape index (κ3) is 4.24. The zero-order valence-corrected chi connectivity index (χ0v) is 19.7. The van der Waals surface area contributed by atoms with Gasteiger partial charge in [0.15, 0.2) is 0 Å². The quantitative estimate of drug-likeness (QED) is 0.653. The van der Waals surface area contributed by atoms with Crippen molar-refractivity contribution in [2.24, 2.45) is 11.8 Å². The van der Waals surface area contributed by atoms with Crippen molar-refractivity contribution < 1.29 is 9.13 Å². The van der Waals surface area contributed by atoms with Crippen LogP contribution in [0, 0.1) is 17.7 Å². The van der Waals surface area contributed by atoms with Gasteiger partial charge < -0.3 is 14.5 Å². The fourth-order valence-electron chi connectivity index (χ4n) is 6.20. The molecule has 3 aliphatic rings. The van der Waals surface area contributed by atoms with Gasteiger partial charge in [0.2, 0.25) is 0 Å². The van der Waals surface area contributed by atoms with E-state index in [0.717, 1.165) is 43.3 Å². The Morgan fingerprint density at radius 3 is 2.44 bits per heavy atom. The molecule has 3 heterocycles. The Bertz CT molecular complexity index is 932. The van der Waals surface area contributed by atoms with Crippen molar-refractivity contribution in [1.29, 1.82) is 0 Å². The molecule has 2 fully saturated rings. The Morgan fingerprint density at radius 2 is 1.75 bits per heavy atom. The third-order valence-electron chi connectivity index (χ3n) is 7.67. The van der Waals surface area contributed by atoms with Crippen molar-refractivity contribution in [3.63, 3.8) is 0 Å². The molecule has 0 aliphatic carbocycles. The minimum atomic E-state index is -0.479. The Morgan fingerprint density at radius 1 is 1.03 bits per heavy atom. The summed E-state index contributed by atoms with van der Waals surface area (Å²) < 4.78 is 20.2. The van der Waals surface area contributed by atoms with Crippen molar-refractivity contribution >= 4 is 0 Å². The van der Waals surface area contributed by atoms with Crippen LogP contribution in [-0.4, -0.2) is 68.6 Å². The van der Waals surface area contributed by atoms with Gasteiger partial charge >= 0.3 is 0 Å². The molecule has 0 bridgehead atoms. The normalized spacial score (nSPS) is 27.9. The van der Waals surface area contributed by atoms with Gasteiger partial charge in [-0.2, -0.15) is 0 Å². The summed E-state index contributed by atoms with van der Waals surface area (Å²) in [6, 6.07) is 13.8. The van der Waals surface area contributed by atoms with Gasteiger partial charge in [0.05, 0.1) is 6.61 Å². The number of fused-ring (bicyclic) bond motifs is 2. The van der Waals surface area contributed by atoms with Gasteiger partial charge in [0.1, 0.15) is 11.4 Å². The van der Waals surface area contributed by atoms with E-state index < -0.39 is 5.60 Å². The molecular formula is C27H36FN3O. The molecule has 4 nitrogen and oxygen atoms in total. The lowest BCUT2D eigenvalue weighted by Crippen LogP contribution is -2.29. The lowest BCUT2D eigenvalue weighted by atomic mass is 9.81. The van der Waals surface area contributed by atoms with Crippen LogP contribution in [0.15, 0.2) is 42.5 Å². The van der Waals surface area contributed by atoms with Gasteiger partial charge in [-0.3, -0.25) is 4.90 Å². The lowest BCUT2D eigenvalue weighted by Gasteiger charge is -2.31. The van der Waals surface area contributed by atoms with Gasteiger partial charge in [-0.15, -0.1) is 0 Å². The van der Waals surface area contributed by atoms with Crippen LogP contribution in [0.3, 0.4) is 0 Å². The maximum absolute atomic E-state index is 13.7. The van der Waals surface area contributed by atoms with Crippen molar-refractivity contribution in [2.45, 2.75) is 31.6 Å². The Labute approximate surface area is 192 Å². The van der Waals surface area contributed by atoms with E-state index in [1.165, 1.54) is 42.9 Å². The zero-order valence-electron chi connectivity index (χ0n) is 19.7. The topological polar surface area (TPSA) is 19.0 Å². The smallest absolute Gasteiger partial charge is 0.123 e. The Hall–Kier alpha value is -1.79. The largest absolute Gasteiger partial charge is 0.361 e. The molecule has 5 rings (SSSR count). The van der Waals surface area contributed by atoms with Gasteiger partial charge in [-0.05, 0) is 86.8 Å². The van der Waals surface area contributed by atoms with Crippen molar-refractivity contribution in [1.82, 2.24) is 14.7 Å². The fourth-order valence-corrected chi connectivity index (χ4v) is 6.20. The molecule has 3 unspecified atom stereocenters. The standard InChI is InChI=1S/C27H36FN3O/c1-29(2)12-4-11-27(24-6-8-25(28)9-7-24)26-10-5-20(13-21(26)19-32-27)14-31-17-22-15-30(3)16-23(22)18-31/h5-10,13,22-23H,4,11-12,14-19H2,1-3H3. The van der Waals surface area contributed by atoms with Crippen molar-refractivity contribution in [2.75, 3.05) is 53.9 Å². The predicted molar refractivity (Wildman–Crippen MR) is 126 cm³/mol. The number of rotatable bonds is 7. The van der Waals surface area contributed by atoms with Crippen molar-refractivity contribution in [3.05, 3.63) is 70.5 Å². The molecule has 2 saturated heterocycles. The first-order valence-corrected chi connectivity index (χ1v) is 12.0. The van der Waals surface area contributed by atoms with Crippen LogP contribution in [0.4, 0.5) is 4.39 Å². The molecule has 172 valence electrons. The van der Waals surface area contributed by atoms with Gasteiger partial charge in [-0.25, -0.2) is 4.39 Å². The second-order valence-corrected chi connectivity index (χ2v) is 10.5. The molecule has 5 heteroatoms. The summed E-state index contributed by atoms with van der Waals surface area (Å²) in [4.78, 5) is 7.31. The average molecular weight is 438 g/mol. The van der Waals surface area contributed by atoms with E-state index in [9.17, 15) is 4.39 Å². The van der Waals surface area contributed by atoms with E-state index in [1.807, 2.05) is 12.1 Å². The SMILES string of the molecule is CN(C)CCCC1(c2ccc(F)cc2)OCc2cc(CN3CC4CN(C)CC4C3)ccc21. The maximum Gasteiger partial charge on any atom is 0.123 e. The first-order valence-electron chi connectivity index (χ1n) is 12.0. The van der Waals surface area contributed by atoms with Crippen LogP contribution in [0.5, 0.6) is 0 Å². The number of nitrogens with zero attached hydrogens (tertiary/aromatic N) is 3. The fraction of sp³-hybridized carbons (Fsp3) is 0.556. The summed E-state index contributed by atoms with van der Waals surface area (Å²) in [5, 5.41) is 0. The second kappa shape index (κ2) is 8.86. The molecule has 2 aromatic carbocycles. The lowest BCUT2D eigenvalue weighted by molar-refractivity contribution is -0.0140. The Kier molecular flexibility index (Phi) is 6.10. The summed E-state index contributed by atoms with van der Waals surface area (Å²) >= 11 is 0. The van der Waals surface area contributed by atoms with E-state index in [0.29, 0.717) is 6.61 Å². The van der Waals surface area contributed by atoms with Crippen LogP contribution in [0.2, 0.25) is 0 Å². The first kappa shape index (κ1) is 22.0. The van der Waals surface area contributed by atoms with Crippen LogP contribution < -0.4 is 0 Å². The Balaban J connectivity index is 1.36. The number of ether oxygens (including phenoxy) is 1. The number of hydrogen-bond donors (Lipinski definition) is 0. The van der Waals surface area contributed by atoms with E-state index in [4.69, 9.17) is 4.74 Å². The van der Waals surface area contributed by atoms with E-state index in [-0.39, 0.29) is 5.82 Å². The molecule has 3 aliphatic heterocycles. The summed E-state index contributed by atoms with van der Waals surface area (Å²) in [6.07, 6.45) is 1.92. The summed E-state index contributed by atoms with van der Waals surface area (Å²) in [5.74, 6) is 1.47. The highest BCUT2D eigenvalue weighted by atomic mass is 19.1. The highest BCUT2D eigenvalue weighted by molar-refractivity contribution is 5.45. The molecule has 0 radical (unpaired) electrons. The number of halogens is 1. The molecule has 0 aromatic heterocycles. The number of benzene rings is 2. The number of likely N-dealkylation sites (tertiary alicyclic amines) is 2. The van der Waals surface area contributed by atoms with E-state index in [1.54, 1.807) is 12.1 Å². The van der Waals surface area contributed by atoms with Gasteiger partial charge in [0.25, 0.3) is 0 Å². The monoisotopic (exact) mass is 437 g/mol. The average Bonchev–Trinajstić information content (AvgIpc) is 3.40. The zero-order chi connectivity index (χ0) is 22.3. The molecular weight excluding hydrogens is 401 g/mol. The second-order valence-electron chi connectivity index (χ2n) is 10.5. The van der Waals surface area contributed by atoms with Crippen molar-refractivity contribution in [3.8, 4) is 0 Å². The van der Waals surface area contributed by atoms with E-state index in [2.05, 4.69) is 54.0 Å². The molecule has 3 atom stereocenters. The van der Waals surface area contributed by atoms with Crippen LogP contribution >= 0.6 is 0 Å². The highest BCUT2D eigenvalue weighted by Gasteiger charge is 2.42. The van der Waals surface area contributed by atoms with E-state index >= 15 is 0 Å². The highest BCUT2D eigenvalue weighted by Crippen LogP contribution is 2.46. The minimum absolute atomic E-state index is 0.202. The maximum atomic E-state index is 13.7. The molecule has 0 saturated carbocycles. The summed E-state index contributed by atoms with van der Waals surface area (Å²) in [5.41, 5.74) is 4.50. The summed E-state index contributed by atoms with van der Waals surface area (Å²) in [6.45, 7) is 7.57. The first-order chi connectivity index (χ1) is 15.4. The summed E-state index contributed by atoms with van der Waals surface area (Å²) in [7, 11) is 6.45.